The predicted molar refractivity (Wildman–Crippen MR) is 90.0 cm³/mol. The average Bonchev–Trinajstić information content (AvgIpc) is 2.99. The summed E-state index contributed by atoms with van der Waals surface area (Å²) in [5.74, 6) is 1.86. The highest BCUT2D eigenvalue weighted by Gasteiger charge is 2.29. The molecule has 1 aliphatic heterocycles. The quantitative estimate of drug-likeness (QED) is 0.809. The van der Waals surface area contributed by atoms with E-state index < -0.39 is 0 Å². The standard InChI is InChI=1S/C17H30N4O2/c1-4-16-18-6-8-20(16)7-5-17(23)21-11-14(10-19(2)3)9-15(12-21)13-22/h6,8,14-15,22H,4-5,7,9-13H2,1-3H3/t14-,15+/m1/s1. The van der Waals surface area contributed by atoms with Crippen LogP contribution in [0.4, 0.5) is 0 Å². The molecule has 0 saturated carbocycles. The summed E-state index contributed by atoms with van der Waals surface area (Å²) in [4.78, 5) is 21.0. The van der Waals surface area contributed by atoms with Crippen molar-refractivity contribution in [3.63, 3.8) is 0 Å². The number of aliphatic hydroxyl groups is 1. The second-order valence-electron chi connectivity index (χ2n) is 6.85. The number of rotatable bonds is 7. The Bertz CT molecular complexity index is 501. The van der Waals surface area contributed by atoms with Gasteiger partial charge in [-0.2, -0.15) is 0 Å². The van der Waals surface area contributed by atoms with Gasteiger partial charge in [-0.15, -0.1) is 0 Å². The highest BCUT2D eigenvalue weighted by Crippen LogP contribution is 2.23. The van der Waals surface area contributed by atoms with Gasteiger partial charge in [0, 0.05) is 58.0 Å². The van der Waals surface area contributed by atoms with Crippen LogP contribution < -0.4 is 0 Å². The number of amides is 1. The molecule has 0 radical (unpaired) electrons. The minimum Gasteiger partial charge on any atom is -0.396 e. The Morgan fingerprint density at radius 1 is 1.39 bits per heavy atom. The van der Waals surface area contributed by atoms with Crippen LogP contribution in [-0.4, -0.2) is 70.7 Å². The summed E-state index contributed by atoms with van der Waals surface area (Å²) in [5, 5.41) is 9.53. The highest BCUT2D eigenvalue weighted by atomic mass is 16.3. The molecular weight excluding hydrogens is 292 g/mol. The van der Waals surface area contributed by atoms with Gasteiger partial charge in [-0.3, -0.25) is 4.79 Å². The molecule has 1 aromatic heterocycles. The minimum absolute atomic E-state index is 0.162. The molecule has 6 heteroatoms. The maximum absolute atomic E-state index is 12.6. The Kier molecular flexibility index (Phi) is 6.59. The molecule has 1 saturated heterocycles. The van der Waals surface area contributed by atoms with Crippen LogP contribution in [0.15, 0.2) is 12.4 Å². The molecule has 6 nitrogen and oxygen atoms in total. The molecular formula is C17H30N4O2. The Morgan fingerprint density at radius 2 is 2.13 bits per heavy atom. The van der Waals surface area contributed by atoms with E-state index in [-0.39, 0.29) is 18.4 Å². The summed E-state index contributed by atoms with van der Waals surface area (Å²) < 4.78 is 2.06. The van der Waals surface area contributed by atoms with Gasteiger partial charge in [-0.25, -0.2) is 4.98 Å². The number of piperidine rings is 1. The van der Waals surface area contributed by atoms with Gasteiger partial charge in [0.2, 0.25) is 5.91 Å². The van der Waals surface area contributed by atoms with Gasteiger partial charge in [0.15, 0.2) is 0 Å². The van der Waals surface area contributed by atoms with Crippen LogP contribution in [0.25, 0.3) is 0 Å². The van der Waals surface area contributed by atoms with E-state index in [1.807, 2.05) is 11.1 Å². The van der Waals surface area contributed by atoms with Crippen LogP contribution in [0.2, 0.25) is 0 Å². The fourth-order valence-electron chi connectivity index (χ4n) is 3.54. The third-order valence-electron chi connectivity index (χ3n) is 4.54. The SMILES string of the molecule is CCc1nccn1CCC(=O)N1C[C@@H](CN(C)C)C[C@H](CO)C1. The normalized spacial score (nSPS) is 21.9. The first kappa shape index (κ1) is 17.9. The van der Waals surface area contributed by atoms with E-state index in [0.29, 0.717) is 25.4 Å². The Balaban J connectivity index is 1.91. The molecule has 2 rings (SSSR count). The zero-order valence-electron chi connectivity index (χ0n) is 14.6. The largest absolute Gasteiger partial charge is 0.396 e. The van der Waals surface area contributed by atoms with E-state index in [9.17, 15) is 9.90 Å². The first-order valence-corrected chi connectivity index (χ1v) is 8.56. The van der Waals surface area contributed by atoms with Gasteiger partial charge >= 0.3 is 0 Å². The number of aliphatic hydroxyl groups excluding tert-OH is 1. The van der Waals surface area contributed by atoms with Gasteiger partial charge in [0.05, 0.1) is 0 Å². The van der Waals surface area contributed by atoms with Crippen molar-refractivity contribution >= 4 is 5.91 Å². The Morgan fingerprint density at radius 3 is 2.78 bits per heavy atom. The van der Waals surface area contributed by atoms with Crippen molar-refractivity contribution in [3.8, 4) is 0 Å². The summed E-state index contributed by atoms with van der Waals surface area (Å²) in [7, 11) is 4.11. The van der Waals surface area contributed by atoms with Gasteiger partial charge in [0.1, 0.15) is 5.82 Å². The number of nitrogens with zero attached hydrogens (tertiary/aromatic N) is 4. The number of carbonyl (C=O) groups excluding carboxylic acids is 1. The van der Waals surface area contributed by atoms with Crippen LogP contribution in [0.3, 0.4) is 0 Å². The Labute approximate surface area is 139 Å². The van der Waals surface area contributed by atoms with Crippen LogP contribution in [0.5, 0.6) is 0 Å². The summed E-state index contributed by atoms with van der Waals surface area (Å²) in [6, 6.07) is 0. The zero-order valence-corrected chi connectivity index (χ0v) is 14.6. The molecule has 0 aromatic carbocycles. The highest BCUT2D eigenvalue weighted by molar-refractivity contribution is 5.76. The summed E-state index contributed by atoms with van der Waals surface area (Å²) in [6.45, 7) is 5.36. The first-order valence-electron chi connectivity index (χ1n) is 8.56. The molecule has 1 aromatic rings. The molecule has 0 aliphatic carbocycles. The van der Waals surface area contributed by atoms with Crippen molar-refractivity contribution in [1.29, 1.82) is 0 Å². The Hall–Kier alpha value is -1.40. The number of likely N-dealkylation sites (tertiary alicyclic amines) is 1. The van der Waals surface area contributed by atoms with E-state index >= 15 is 0 Å². The van der Waals surface area contributed by atoms with E-state index in [0.717, 1.165) is 31.8 Å². The summed E-state index contributed by atoms with van der Waals surface area (Å²) in [6.07, 6.45) is 6.10. The average molecular weight is 322 g/mol. The molecule has 1 N–H and O–H groups in total. The predicted octanol–water partition coefficient (Wildman–Crippen LogP) is 0.854. The maximum atomic E-state index is 12.6. The van der Waals surface area contributed by atoms with Gasteiger partial charge in [-0.1, -0.05) is 6.92 Å². The van der Waals surface area contributed by atoms with E-state index in [1.165, 1.54) is 0 Å². The molecule has 0 bridgehead atoms. The lowest BCUT2D eigenvalue weighted by atomic mass is 9.89. The van der Waals surface area contributed by atoms with Crippen molar-refractivity contribution in [2.75, 3.05) is 40.3 Å². The lowest BCUT2D eigenvalue weighted by molar-refractivity contribution is -0.134. The molecule has 1 aliphatic rings. The van der Waals surface area contributed by atoms with Crippen LogP contribution >= 0.6 is 0 Å². The van der Waals surface area contributed by atoms with Crippen molar-refractivity contribution < 1.29 is 9.90 Å². The summed E-state index contributed by atoms with van der Waals surface area (Å²) >= 11 is 0. The number of aromatic nitrogens is 2. The molecule has 130 valence electrons. The fraction of sp³-hybridized carbons (Fsp3) is 0.765. The zero-order chi connectivity index (χ0) is 16.8. The second kappa shape index (κ2) is 8.45. The minimum atomic E-state index is 0.162. The number of carbonyl (C=O) groups is 1. The van der Waals surface area contributed by atoms with Crippen LogP contribution in [0, 0.1) is 11.8 Å². The van der Waals surface area contributed by atoms with E-state index in [4.69, 9.17) is 0 Å². The van der Waals surface area contributed by atoms with Crippen molar-refractivity contribution in [2.45, 2.75) is 32.7 Å². The molecule has 2 heterocycles. The van der Waals surface area contributed by atoms with Crippen LogP contribution in [0.1, 0.15) is 25.6 Å². The monoisotopic (exact) mass is 322 g/mol. The van der Waals surface area contributed by atoms with Crippen molar-refractivity contribution in [3.05, 3.63) is 18.2 Å². The van der Waals surface area contributed by atoms with Gasteiger partial charge in [0.25, 0.3) is 0 Å². The number of hydrogen-bond donors (Lipinski definition) is 1. The molecule has 23 heavy (non-hydrogen) atoms. The van der Waals surface area contributed by atoms with Gasteiger partial charge in [-0.05, 0) is 32.4 Å². The van der Waals surface area contributed by atoms with Crippen molar-refractivity contribution in [2.24, 2.45) is 11.8 Å². The number of imidazole rings is 1. The number of aryl methyl sites for hydroxylation is 2. The third-order valence-corrected chi connectivity index (χ3v) is 4.54. The lowest BCUT2D eigenvalue weighted by Crippen LogP contribution is -2.47. The van der Waals surface area contributed by atoms with Crippen LogP contribution in [-0.2, 0) is 17.8 Å². The lowest BCUT2D eigenvalue weighted by Gasteiger charge is -2.38. The van der Waals surface area contributed by atoms with Gasteiger partial charge < -0.3 is 19.5 Å². The topological polar surface area (TPSA) is 61.6 Å². The molecule has 0 unspecified atom stereocenters. The second-order valence-corrected chi connectivity index (χ2v) is 6.85. The van der Waals surface area contributed by atoms with Crippen molar-refractivity contribution in [1.82, 2.24) is 19.4 Å². The van der Waals surface area contributed by atoms with E-state index in [1.54, 1.807) is 6.20 Å². The fourth-order valence-corrected chi connectivity index (χ4v) is 3.54. The maximum Gasteiger partial charge on any atom is 0.224 e. The molecule has 2 atom stereocenters. The molecule has 1 fully saturated rings. The summed E-state index contributed by atoms with van der Waals surface area (Å²) in [5.41, 5.74) is 0. The number of hydrogen-bond acceptors (Lipinski definition) is 4. The smallest absolute Gasteiger partial charge is 0.224 e. The third kappa shape index (κ3) is 5.04. The first-order chi connectivity index (χ1) is 11.0. The van der Waals surface area contributed by atoms with E-state index in [2.05, 4.69) is 35.5 Å². The molecule has 1 amide bonds. The molecule has 0 spiro atoms.